The predicted molar refractivity (Wildman–Crippen MR) is 97.7 cm³/mol. The first kappa shape index (κ1) is 19.0. The highest BCUT2D eigenvalue weighted by Gasteiger charge is 2.14. The van der Waals surface area contributed by atoms with E-state index in [2.05, 4.69) is 22.4 Å². The second-order valence-corrected chi connectivity index (χ2v) is 6.99. The fraction of sp³-hybridized carbons (Fsp3) is 0.333. The molecule has 2 N–H and O–H groups in total. The number of thioether (sulfide) groups is 1. The number of hydrogen-bond acceptors (Lipinski definition) is 7. The zero-order valence-corrected chi connectivity index (χ0v) is 15.4. The molecule has 0 saturated heterocycles. The van der Waals surface area contributed by atoms with Crippen LogP contribution in [0.1, 0.15) is 13.8 Å². The van der Waals surface area contributed by atoms with E-state index >= 15 is 0 Å². The van der Waals surface area contributed by atoms with E-state index in [-0.39, 0.29) is 17.4 Å². The molecule has 0 bridgehead atoms. The van der Waals surface area contributed by atoms with Gasteiger partial charge in [0.15, 0.2) is 5.16 Å². The smallest absolute Gasteiger partial charge is 0.426 e. The van der Waals surface area contributed by atoms with Gasteiger partial charge in [0, 0.05) is 6.54 Å². The summed E-state index contributed by atoms with van der Waals surface area (Å²) in [6.07, 6.45) is 0.561. The lowest BCUT2D eigenvalue weighted by molar-refractivity contribution is -0.119. The second-order valence-electron chi connectivity index (χ2n) is 5.15. The van der Waals surface area contributed by atoms with Crippen LogP contribution >= 0.6 is 23.1 Å². The summed E-state index contributed by atoms with van der Waals surface area (Å²) in [5.41, 5.74) is 4.22. The van der Waals surface area contributed by atoms with Gasteiger partial charge < -0.3 is 4.74 Å². The Hall–Kier alpha value is -2.33. The molecule has 134 valence electrons. The molecule has 0 aromatic carbocycles. The molecule has 0 radical (unpaired) electrons. The summed E-state index contributed by atoms with van der Waals surface area (Å²) < 4.78 is 6.29. The standard InChI is InChI=1S/C15H18N4O4S2/c1-4-6-19-13(21)10-5-7-24-12(10)16-14(19)25-8-11(20)17-18-15(22)23-9(2)3/h4-5,7,9H,1,6,8H2,2-3H3,(H,17,20)(H,18,22). The average molecular weight is 382 g/mol. The van der Waals surface area contributed by atoms with Crippen LogP contribution < -0.4 is 16.4 Å². The van der Waals surface area contributed by atoms with E-state index in [1.165, 1.54) is 15.9 Å². The summed E-state index contributed by atoms with van der Waals surface area (Å²) in [6.45, 7) is 7.32. The molecule has 0 aliphatic carbocycles. The van der Waals surface area contributed by atoms with E-state index < -0.39 is 12.0 Å². The minimum absolute atomic E-state index is 0.0254. The highest BCUT2D eigenvalue weighted by Crippen LogP contribution is 2.21. The van der Waals surface area contributed by atoms with Crippen molar-refractivity contribution in [3.63, 3.8) is 0 Å². The molecule has 2 amide bonds. The van der Waals surface area contributed by atoms with E-state index in [4.69, 9.17) is 4.74 Å². The van der Waals surface area contributed by atoms with Gasteiger partial charge in [-0.1, -0.05) is 17.8 Å². The van der Waals surface area contributed by atoms with E-state index in [0.717, 1.165) is 11.8 Å². The molecular weight excluding hydrogens is 364 g/mol. The van der Waals surface area contributed by atoms with Crippen molar-refractivity contribution in [3.05, 3.63) is 34.5 Å². The number of nitrogens with one attached hydrogen (secondary N) is 2. The third-order valence-corrected chi connectivity index (χ3v) is 4.62. The highest BCUT2D eigenvalue weighted by atomic mass is 32.2. The molecule has 0 spiro atoms. The van der Waals surface area contributed by atoms with Crippen molar-refractivity contribution in [2.75, 3.05) is 5.75 Å². The molecule has 0 aliphatic rings. The molecule has 25 heavy (non-hydrogen) atoms. The maximum absolute atomic E-state index is 12.5. The van der Waals surface area contributed by atoms with Crippen molar-refractivity contribution >= 4 is 45.3 Å². The first-order valence-electron chi connectivity index (χ1n) is 7.39. The maximum atomic E-state index is 12.5. The molecule has 2 aromatic rings. The largest absolute Gasteiger partial charge is 0.446 e. The Morgan fingerprint density at radius 3 is 2.92 bits per heavy atom. The molecule has 0 unspecified atom stereocenters. The van der Waals surface area contributed by atoms with E-state index in [0.29, 0.717) is 21.9 Å². The number of nitrogens with zero attached hydrogens (tertiary/aromatic N) is 2. The summed E-state index contributed by atoms with van der Waals surface area (Å²) in [5.74, 6) is -0.473. The molecule has 8 nitrogen and oxygen atoms in total. The van der Waals surface area contributed by atoms with Gasteiger partial charge in [0.25, 0.3) is 5.56 Å². The van der Waals surface area contributed by atoms with Gasteiger partial charge >= 0.3 is 6.09 Å². The number of amides is 2. The van der Waals surface area contributed by atoms with Crippen molar-refractivity contribution in [1.82, 2.24) is 20.4 Å². The van der Waals surface area contributed by atoms with Crippen molar-refractivity contribution < 1.29 is 14.3 Å². The first-order chi connectivity index (χ1) is 11.9. The molecule has 10 heteroatoms. The SMILES string of the molecule is C=CCn1c(SCC(=O)NNC(=O)OC(C)C)nc2sccc2c1=O. The first-order valence-corrected chi connectivity index (χ1v) is 9.26. The van der Waals surface area contributed by atoms with Gasteiger partial charge in [-0.2, -0.15) is 0 Å². The highest BCUT2D eigenvalue weighted by molar-refractivity contribution is 7.99. The van der Waals surface area contributed by atoms with Crippen LogP contribution in [-0.2, 0) is 16.1 Å². The average Bonchev–Trinajstić information content (AvgIpc) is 3.02. The zero-order chi connectivity index (χ0) is 18.4. The number of rotatable bonds is 6. The maximum Gasteiger partial charge on any atom is 0.426 e. The Bertz CT molecular complexity index is 844. The van der Waals surface area contributed by atoms with Crippen LogP contribution in [0.5, 0.6) is 0 Å². The quantitative estimate of drug-likeness (QED) is 0.342. The lowest BCUT2D eigenvalue weighted by Crippen LogP contribution is -2.43. The van der Waals surface area contributed by atoms with Gasteiger partial charge in [0.2, 0.25) is 5.91 Å². The Labute approximate surface area is 152 Å². The number of hydrogen-bond donors (Lipinski definition) is 2. The van der Waals surface area contributed by atoms with Crippen molar-refractivity contribution in [2.24, 2.45) is 0 Å². The molecule has 2 aromatic heterocycles. The number of hydrazine groups is 1. The summed E-state index contributed by atoms with van der Waals surface area (Å²) in [4.78, 5) is 40.7. The van der Waals surface area contributed by atoms with Crippen molar-refractivity contribution in [3.8, 4) is 0 Å². The van der Waals surface area contributed by atoms with Crippen LogP contribution in [0.2, 0.25) is 0 Å². The molecular formula is C15H18N4O4S2. The Balaban J connectivity index is 2.03. The monoisotopic (exact) mass is 382 g/mol. The van der Waals surface area contributed by atoms with Crippen LogP contribution in [0.3, 0.4) is 0 Å². The van der Waals surface area contributed by atoms with Crippen LogP contribution in [0.15, 0.2) is 34.1 Å². The number of ether oxygens (including phenoxy) is 1. The number of fused-ring (bicyclic) bond motifs is 1. The summed E-state index contributed by atoms with van der Waals surface area (Å²) in [5, 5.41) is 2.75. The predicted octanol–water partition coefficient (Wildman–Crippen LogP) is 1.90. The van der Waals surface area contributed by atoms with Crippen LogP contribution in [0.4, 0.5) is 4.79 Å². The Morgan fingerprint density at radius 1 is 1.48 bits per heavy atom. The lowest BCUT2D eigenvalue weighted by atomic mass is 10.4. The summed E-state index contributed by atoms with van der Waals surface area (Å²) >= 11 is 2.46. The van der Waals surface area contributed by atoms with Gasteiger partial charge in [-0.25, -0.2) is 15.2 Å². The Morgan fingerprint density at radius 2 is 2.24 bits per heavy atom. The fourth-order valence-corrected chi connectivity index (χ4v) is 3.47. The number of thiophene rings is 1. The van der Waals surface area contributed by atoms with Gasteiger partial charge in [-0.15, -0.1) is 17.9 Å². The normalized spacial score (nSPS) is 10.7. The third-order valence-electron chi connectivity index (χ3n) is 2.84. The minimum Gasteiger partial charge on any atom is -0.446 e. The fourth-order valence-electron chi connectivity index (χ4n) is 1.86. The molecule has 0 aliphatic heterocycles. The van der Waals surface area contributed by atoms with Gasteiger partial charge in [-0.3, -0.25) is 19.6 Å². The molecule has 2 rings (SSSR count). The van der Waals surface area contributed by atoms with Crippen LogP contribution in [0.25, 0.3) is 10.2 Å². The van der Waals surface area contributed by atoms with Gasteiger partial charge in [-0.05, 0) is 25.3 Å². The molecule has 0 fully saturated rings. The van der Waals surface area contributed by atoms with E-state index in [1.807, 2.05) is 0 Å². The number of allylic oxidation sites excluding steroid dienone is 1. The zero-order valence-electron chi connectivity index (χ0n) is 13.8. The minimum atomic E-state index is -0.741. The molecule has 2 heterocycles. The van der Waals surface area contributed by atoms with Crippen molar-refractivity contribution in [2.45, 2.75) is 31.7 Å². The second kappa shape index (κ2) is 8.67. The lowest BCUT2D eigenvalue weighted by Gasteiger charge is -2.11. The molecule has 0 atom stereocenters. The van der Waals surface area contributed by atoms with E-state index in [1.54, 1.807) is 31.4 Å². The van der Waals surface area contributed by atoms with Gasteiger partial charge in [0.05, 0.1) is 17.2 Å². The summed E-state index contributed by atoms with van der Waals surface area (Å²) in [6, 6.07) is 1.72. The number of carbonyl (C=O) groups is 2. The number of aromatic nitrogens is 2. The van der Waals surface area contributed by atoms with Crippen molar-refractivity contribution in [1.29, 1.82) is 0 Å². The number of carbonyl (C=O) groups excluding carboxylic acids is 2. The topological polar surface area (TPSA) is 102 Å². The van der Waals surface area contributed by atoms with Gasteiger partial charge in [0.1, 0.15) is 4.83 Å². The third kappa shape index (κ3) is 5.07. The molecule has 0 saturated carbocycles. The van der Waals surface area contributed by atoms with Crippen LogP contribution in [-0.4, -0.2) is 33.4 Å². The Kier molecular flexibility index (Phi) is 6.59. The summed E-state index contributed by atoms with van der Waals surface area (Å²) in [7, 11) is 0. The van der Waals surface area contributed by atoms with Crippen LogP contribution in [0, 0.1) is 0 Å². The van der Waals surface area contributed by atoms with E-state index in [9.17, 15) is 14.4 Å².